The van der Waals surface area contributed by atoms with Crippen LogP contribution in [0.4, 0.5) is 5.69 Å². The molecule has 2 rings (SSSR count). The zero-order chi connectivity index (χ0) is 11.4. The number of halogens is 1. The van der Waals surface area contributed by atoms with Gasteiger partial charge in [0.2, 0.25) is 0 Å². The Labute approximate surface area is 99.4 Å². The maximum absolute atomic E-state index is 5.88. The molecule has 2 aromatic rings. The highest BCUT2D eigenvalue weighted by Crippen LogP contribution is 2.14. The third-order valence-electron chi connectivity index (χ3n) is 2.20. The first kappa shape index (κ1) is 11.0. The summed E-state index contributed by atoms with van der Waals surface area (Å²) in [6, 6.07) is 9.60. The molecule has 0 fully saturated rings. The van der Waals surface area contributed by atoms with Gasteiger partial charge in [0, 0.05) is 29.7 Å². The monoisotopic (exact) mass is 236 g/mol. The summed E-state index contributed by atoms with van der Waals surface area (Å²) in [6.45, 7) is 2.71. The molecule has 84 valence electrons. The lowest BCUT2D eigenvalue weighted by molar-refractivity contribution is 0.381. The zero-order valence-electron chi connectivity index (χ0n) is 9.03. The zero-order valence-corrected chi connectivity index (χ0v) is 9.79. The smallest absolute Gasteiger partial charge is 0.138 e. The standard InChI is InChI=1S/C12H13ClN2O/c1-9-7-12(16-15-9)5-6-14-11-4-2-3-10(13)8-11/h2-4,7-8,14H,5-6H2,1H3. The van der Waals surface area contributed by atoms with Crippen LogP contribution in [0.1, 0.15) is 11.5 Å². The van der Waals surface area contributed by atoms with E-state index in [4.69, 9.17) is 16.1 Å². The van der Waals surface area contributed by atoms with Crippen molar-refractivity contribution >= 4 is 17.3 Å². The Hall–Kier alpha value is -1.48. The van der Waals surface area contributed by atoms with Crippen LogP contribution in [0, 0.1) is 6.92 Å². The number of anilines is 1. The van der Waals surface area contributed by atoms with Crippen LogP contribution < -0.4 is 5.32 Å². The average Bonchev–Trinajstić information content (AvgIpc) is 2.64. The van der Waals surface area contributed by atoms with Crippen LogP contribution in [0.3, 0.4) is 0 Å². The summed E-state index contributed by atoms with van der Waals surface area (Å²) >= 11 is 5.88. The molecule has 0 bridgehead atoms. The van der Waals surface area contributed by atoms with Crippen molar-refractivity contribution in [3.63, 3.8) is 0 Å². The first-order valence-corrected chi connectivity index (χ1v) is 5.53. The Bertz CT molecular complexity index is 468. The van der Waals surface area contributed by atoms with Crippen molar-refractivity contribution in [3.8, 4) is 0 Å². The number of benzene rings is 1. The summed E-state index contributed by atoms with van der Waals surface area (Å²) in [5.74, 6) is 0.895. The Morgan fingerprint density at radius 3 is 2.94 bits per heavy atom. The van der Waals surface area contributed by atoms with Crippen molar-refractivity contribution in [2.45, 2.75) is 13.3 Å². The average molecular weight is 237 g/mol. The molecule has 1 N–H and O–H groups in total. The molecule has 0 radical (unpaired) electrons. The van der Waals surface area contributed by atoms with Gasteiger partial charge in [0.15, 0.2) is 0 Å². The summed E-state index contributed by atoms with van der Waals surface area (Å²) in [5.41, 5.74) is 1.93. The van der Waals surface area contributed by atoms with E-state index in [2.05, 4.69) is 10.5 Å². The number of hydrogen-bond donors (Lipinski definition) is 1. The molecule has 0 atom stereocenters. The van der Waals surface area contributed by atoms with Crippen molar-refractivity contribution in [3.05, 3.63) is 46.8 Å². The number of hydrogen-bond acceptors (Lipinski definition) is 3. The van der Waals surface area contributed by atoms with Gasteiger partial charge in [-0.1, -0.05) is 22.8 Å². The summed E-state index contributed by atoms with van der Waals surface area (Å²) in [5, 5.41) is 7.84. The summed E-state index contributed by atoms with van der Waals surface area (Å²) < 4.78 is 5.11. The van der Waals surface area contributed by atoms with E-state index in [0.29, 0.717) is 0 Å². The molecule has 0 aliphatic rings. The number of nitrogens with zero attached hydrogens (tertiary/aromatic N) is 1. The molecule has 4 heteroatoms. The van der Waals surface area contributed by atoms with Crippen LogP contribution in [0.15, 0.2) is 34.9 Å². The van der Waals surface area contributed by atoms with Gasteiger partial charge >= 0.3 is 0 Å². The lowest BCUT2D eigenvalue weighted by atomic mass is 10.3. The molecule has 0 aliphatic heterocycles. The predicted octanol–water partition coefficient (Wildman–Crippen LogP) is 3.29. The highest BCUT2D eigenvalue weighted by atomic mass is 35.5. The highest BCUT2D eigenvalue weighted by molar-refractivity contribution is 6.30. The topological polar surface area (TPSA) is 38.1 Å². The van der Waals surface area contributed by atoms with E-state index in [9.17, 15) is 0 Å². The van der Waals surface area contributed by atoms with Gasteiger partial charge in [0.05, 0.1) is 5.69 Å². The lowest BCUT2D eigenvalue weighted by Gasteiger charge is -2.04. The van der Waals surface area contributed by atoms with Crippen LogP contribution in [-0.2, 0) is 6.42 Å². The lowest BCUT2D eigenvalue weighted by Crippen LogP contribution is -2.03. The SMILES string of the molecule is Cc1cc(CCNc2cccc(Cl)c2)on1. The van der Waals surface area contributed by atoms with Crippen LogP contribution >= 0.6 is 11.6 Å². The van der Waals surface area contributed by atoms with E-state index >= 15 is 0 Å². The number of rotatable bonds is 4. The molecule has 0 unspecified atom stereocenters. The fourth-order valence-corrected chi connectivity index (χ4v) is 1.65. The van der Waals surface area contributed by atoms with Crippen LogP contribution in [-0.4, -0.2) is 11.7 Å². The van der Waals surface area contributed by atoms with Gasteiger partial charge in [-0.25, -0.2) is 0 Å². The van der Waals surface area contributed by atoms with E-state index < -0.39 is 0 Å². The van der Waals surface area contributed by atoms with Crippen LogP contribution in [0.2, 0.25) is 5.02 Å². The van der Waals surface area contributed by atoms with Crippen LogP contribution in [0.5, 0.6) is 0 Å². The minimum absolute atomic E-state index is 0.737. The number of nitrogens with one attached hydrogen (secondary N) is 1. The highest BCUT2D eigenvalue weighted by Gasteiger charge is 2.00. The van der Waals surface area contributed by atoms with E-state index in [0.717, 1.165) is 35.1 Å². The third kappa shape index (κ3) is 3.00. The van der Waals surface area contributed by atoms with Gasteiger partial charge in [0.25, 0.3) is 0 Å². The Balaban J connectivity index is 1.84. The van der Waals surface area contributed by atoms with Crippen molar-refractivity contribution in [2.75, 3.05) is 11.9 Å². The largest absolute Gasteiger partial charge is 0.385 e. The molecule has 0 amide bonds. The minimum Gasteiger partial charge on any atom is -0.385 e. The molecule has 0 saturated carbocycles. The number of aryl methyl sites for hydroxylation is 1. The normalized spacial score (nSPS) is 10.4. The molecular weight excluding hydrogens is 224 g/mol. The molecule has 1 heterocycles. The molecule has 16 heavy (non-hydrogen) atoms. The third-order valence-corrected chi connectivity index (χ3v) is 2.44. The second kappa shape index (κ2) is 5.03. The molecule has 3 nitrogen and oxygen atoms in total. The van der Waals surface area contributed by atoms with Gasteiger partial charge in [-0.2, -0.15) is 0 Å². The van der Waals surface area contributed by atoms with Gasteiger partial charge in [-0.05, 0) is 25.1 Å². The van der Waals surface area contributed by atoms with Crippen molar-refractivity contribution < 1.29 is 4.52 Å². The van der Waals surface area contributed by atoms with Crippen molar-refractivity contribution in [2.24, 2.45) is 0 Å². The Morgan fingerprint density at radius 2 is 2.25 bits per heavy atom. The van der Waals surface area contributed by atoms with E-state index in [-0.39, 0.29) is 0 Å². The van der Waals surface area contributed by atoms with Gasteiger partial charge < -0.3 is 9.84 Å². The number of aromatic nitrogens is 1. The maximum Gasteiger partial charge on any atom is 0.138 e. The maximum atomic E-state index is 5.88. The van der Waals surface area contributed by atoms with E-state index in [1.54, 1.807) is 0 Å². The Morgan fingerprint density at radius 1 is 1.38 bits per heavy atom. The first-order valence-electron chi connectivity index (χ1n) is 5.16. The predicted molar refractivity (Wildman–Crippen MR) is 64.9 cm³/mol. The summed E-state index contributed by atoms with van der Waals surface area (Å²) in [7, 11) is 0. The molecular formula is C12H13ClN2O. The molecule has 1 aromatic heterocycles. The van der Waals surface area contributed by atoms with Gasteiger partial charge in [-0.15, -0.1) is 0 Å². The fourth-order valence-electron chi connectivity index (χ4n) is 1.46. The molecule has 0 saturated heterocycles. The fraction of sp³-hybridized carbons (Fsp3) is 0.250. The first-order chi connectivity index (χ1) is 7.74. The van der Waals surface area contributed by atoms with Crippen molar-refractivity contribution in [1.82, 2.24) is 5.16 Å². The second-order valence-electron chi connectivity index (χ2n) is 3.62. The molecule has 1 aromatic carbocycles. The van der Waals surface area contributed by atoms with Crippen molar-refractivity contribution in [1.29, 1.82) is 0 Å². The second-order valence-corrected chi connectivity index (χ2v) is 4.06. The van der Waals surface area contributed by atoms with Crippen LogP contribution in [0.25, 0.3) is 0 Å². The summed E-state index contributed by atoms with van der Waals surface area (Å²) in [4.78, 5) is 0. The van der Waals surface area contributed by atoms with Gasteiger partial charge in [-0.3, -0.25) is 0 Å². The summed E-state index contributed by atoms with van der Waals surface area (Å²) in [6.07, 6.45) is 0.813. The van der Waals surface area contributed by atoms with Gasteiger partial charge in [0.1, 0.15) is 5.76 Å². The quantitative estimate of drug-likeness (QED) is 0.885. The van der Waals surface area contributed by atoms with E-state index in [1.807, 2.05) is 37.3 Å². The molecule has 0 aliphatic carbocycles. The van der Waals surface area contributed by atoms with E-state index in [1.165, 1.54) is 0 Å². The molecule has 0 spiro atoms. The minimum atomic E-state index is 0.737. The Kier molecular flexibility index (Phi) is 3.47.